The van der Waals surface area contributed by atoms with E-state index in [1.165, 1.54) is 6.08 Å². The summed E-state index contributed by atoms with van der Waals surface area (Å²) in [7, 11) is 1.63. The maximum atomic E-state index is 12.3. The van der Waals surface area contributed by atoms with Gasteiger partial charge in [0.1, 0.15) is 11.5 Å². The van der Waals surface area contributed by atoms with Crippen LogP contribution in [-0.4, -0.2) is 18.0 Å². The van der Waals surface area contributed by atoms with Gasteiger partial charge in [-0.25, -0.2) is 0 Å². The lowest BCUT2D eigenvalue weighted by atomic mass is 10.0. The Morgan fingerprint density at radius 2 is 1.36 bits per heavy atom. The molecule has 0 fully saturated rings. The molecule has 0 spiro atoms. The monoisotopic (exact) mass is 330 g/mol. The van der Waals surface area contributed by atoms with E-state index in [0.717, 1.165) is 16.9 Å². The molecule has 0 radical (unpaired) electrons. The molecule has 0 aliphatic rings. The van der Waals surface area contributed by atoms with Crippen molar-refractivity contribution >= 4 is 11.5 Å². The highest BCUT2D eigenvalue weighted by Gasteiger charge is 2.07. The number of allylic oxidation sites excluding steroid dienone is 1. The van der Waals surface area contributed by atoms with Crippen molar-refractivity contribution < 1.29 is 14.6 Å². The molecule has 0 unspecified atom stereocenters. The minimum atomic E-state index is -0.234. The SMILES string of the molecule is COc1ccc(-c2ccc(C(=O)/C=C(\O)c3ccccc3)cc2)cc1. The maximum Gasteiger partial charge on any atom is 0.189 e. The van der Waals surface area contributed by atoms with E-state index in [1.807, 2.05) is 54.6 Å². The van der Waals surface area contributed by atoms with Gasteiger partial charge in [-0.2, -0.15) is 0 Å². The first-order valence-electron chi connectivity index (χ1n) is 7.92. The summed E-state index contributed by atoms with van der Waals surface area (Å²) in [5, 5.41) is 10.1. The highest BCUT2D eigenvalue weighted by Crippen LogP contribution is 2.23. The molecule has 0 atom stereocenters. The van der Waals surface area contributed by atoms with Crippen LogP contribution in [-0.2, 0) is 0 Å². The Labute approximate surface area is 146 Å². The summed E-state index contributed by atoms with van der Waals surface area (Å²) in [6, 6.07) is 24.0. The van der Waals surface area contributed by atoms with Crippen LogP contribution >= 0.6 is 0 Å². The van der Waals surface area contributed by atoms with Gasteiger partial charge in [-0.05, 0) is 23.3 Å². The molecule has 25 heavy (non-hydrogen) atoms. The lowest BCUT2D eigenvalue weighted by Gasteiger charge is -2.05. The van der Waals surface area contributed by atoms with Gasteiger partial charge in [0.2, 0.25) is 0 Å². The average molecular weight is 330 g/mol. The minimum absolute atomic E-state index is 0.0372. The number of rotatable bonds is 5. The molecule has 0 amide bonds. The Balaban J connectivity index is 1.78. The highest BCUT2D eigenvalue weighted by atomic mass is 16.5. The van der Waals surface area contributed by atoms with Gasteiger partial charge in [-0.1, -0.05) is 66.7 Å². The van der Waals surface area contributed by atoms with Crippen LogP contribution in [0, 0.1) is 0 Å². The van der Waals surface area contributed by atoms with Crippen LogP contribution in [0.3, 0.4) is 0 Å². The molecule has 124 valence electrons. The molecule has 3 rings (SSSR count). The van der Waals surface area contributed by atoms with Crippen molar-refractivity contribution in [2.45, 2.75) is 0 Å². The van der Waals surface area contributed by atoms with Crippen LogP contribution in [0.1, 0.15) is 15.9 Å². The normalized spacial score (nSPS) is 11.2. The molecule has 0 heterocycles. The van der Waals surface area contributed by atoms with Crippen LogP contribution < -0.4 is 4.74 Å². The van der Waals surface area contributed by atoms with E-state index in [4.69, 9.17) is 4.74 Å². The Morgan fingerprint density at radius 1 is 0.800 bits per heavy atom. The van der Waals surface area contributed by atoms with Gasteiger partial charge in [0.25, 0.3) is 0 Å². The van der Waals surface area contributed by atoms with Crippen molar-refractivity contribution in [2.75, 3.05) is 7.11 Å². The van der Waals surface area contributed by atoms with Crippen molar-refractivity contribution in [1.82, 2.24) is 0 Å². The van der Waals surface area contributed by atoms with Crippen molar-refractivity contribution in [3.8, 4) is 16.9 Å². The Hall–Kier alpha value is -3.33. The van der Waals surface area contributed by atoms with E-state index in [0.29, 0.717) is 11.1 Å². The van der Waals surface area contributed by atoms with Crippen molar-refractivity contribution in [1.29, 1.82) is 0 Å². The summed E-state index contributed by atoms with van der Waals surface area (Å²) < 4.78 is 5.15. The van der Waals surface area contributed by atoms with Crippen molar-refractivity contribution in [3.05, 3.63) is 96.1 Å². The predicted molar refractivity (Wildman–Crippen MR) is 99.8 cm³/mol. The molecular formula is C22H18O3. The van der Waals surface area contributed by atoms with Gasteiger partial charge in [0, 0.05) is 17.2 Å². The zero-order chi connectivity index (χ0) is 17.6. The summed E-state index contributed by atoms with van der Waals surface area (Å²) in [5.74, 6) is 0.532. The Bertz CT molecular complexity index is 877. The smallest absolute Gasteiger partial charge is 0.189 e. The fraction of sp³-hybridized carbons (Fsp3) is 0.0455. The van der Waals surface area contributed by atoms with Gasteiger partial charge >= 0.3 is 0 Å². The number of hydrogen-bond acceptors (Lipinski definition) is 3. The highest BCUT2D eigenvalue weighted by molar-refractivity contribution is 6.08. The molecule has 3 heteroatoms. The molecule has 0 aliphatic heterocycles. The number of methoxy groups -OCH3 is 1. The van der Waals surface area contributed by atoms with E-state index >= 15 is 0 Å². The number of hydrogen-bond donors (Lipinski definition) is 1. The van der Waals surface area contributed by atoms with Crippen molar-refractivity contribution in [3.63, 3.8) is 0 Å². The first-order chi connectivity index (χ1) is 12.2. The third kappa shape index (κ3) is 3.96. The Morgan fingerprint density at radius 3 is 1.92 bits per heavy atom. The number of benzene rings is 3. The molecule has 0 aromatic heterocycles. The molecule has 0 saturated heterocycles. The van der Waals surface area contributed by atoms with Gasteiger partial charge in [0.15, 0.2) is 5.78 Å². The van der Waals surface area contributed by atoms with Crippen LogP contribution in [0.4, 0.5) is 0 Å². The van der Waals surface area contributed by atoms with Crippen LogP contribution in [0.25, 0.3) is 16.9 Å². The van der Waals surface area contributed by atoms with E-state index in [-0.39, 0.29) is 11.5 Å². The standard InChI is InChI=1S/C22H18O3/c1-25-20-13-11-17(12-14-20)16-7-9-19(10-8-16)22(24)15-21(23)18-5-3-2-4-6-18/h2-15,23H,1H3/b21-15-. The number of aliphatic hydroxyl groups excluding tert-OH is 1. The molecular weight excluding hydrogens is 312 g/mol. The largest absolute Gasteiger partial charge is 0.507 e. The second kappa shape index (κ2) is 7.49. The molecule has 3 nitrogen and oxygen atoms in total. The minimum Gasteiger partial charge on any atom is -0.507 e. The Kier molecular flexibility index (Phi) is 4.95. The number of ether oxygens (including phenoxy) is 1. The van der Waals surface area contributed by atoms with E-state index in [9.17, 15) is 9.90 Å². The third-order valence-corrected chi connectivity index (χ3v) is 3.93. The van der Waals surface area contributed by atoms with Gasteiger partial charge < -0.3 is 9.84 Å². The average Bonchev–Trinajstić information content (AvgIpc) is 2.69. The number of aliphatic hydroxyl groups is 1. The summed E-state index contributed by atoms with van der Waals surface area (Å²) in [6.07, 6.45) is 1.25. The maximum absolute atomic E-state index is 12.3. The van der Waals surface area contributed by atoms with E-state index < -0.39 is 0 Å². The first kappa shape index (κ1) is 16.5. The molecule has 0 saturated carbocycles. The molecule has 3 aromatic rings. The zero-order valence-corrected chi connectivity index (χ0v) is 13.8. The van der Waals surface area contributed by atoms with Crippen LogP contribution in [0.2, 0.25) is 0 Å². The van der Waals surface area contributed by atoms with Crippen molar-refractivity contribution in [2.24, 2.45) is 0 Å². The predicted octanol–water partition coefficient (Wildman–Crippen LogP) is 5.14. The third-order valence-electron chi connectivity index (χ3n) is 3.93. The number of ketones is 1. The zero-order valence-electron chi connectivity index (χ0n) is 13.8. The lowest BCUT2D eigenvalue weighted by molar-refractivity contribution is 0.104. The van der Waals surface area contributed by atoms with Crippen LogP contribution in [0.5, 0.6) is 5.75 Å². The molecule has 3 aromatic carbocycles. The summed E-state index contributed by atoms with van der Waals surface area (Å²) in [6.45, 7) is 0. The molecule has 1 N–H and O–H groups in total. The van der Waals surface area contributed by atoms with E-state index in [2.05, 4.69) is 0 Å². The lowest BCUT2D eigenvalue weighted by Crippen LogP contribution is -1.96. The fourth-order valence-electron chi connectivity index (χ4n) is 2.51. The summed E-state index contributed by atoms with van der Waals surface area (Å²) in [5.41, 5.74) is 3.20. The second-order valence-corrected chi connectivity index (χ2v) is 5.57. The van der Waals surface area contributed by atoms with Gasteiger partial charge in [-0.3, -0.25) is 4.79 Å². The first-order valence-corrected chi connectivity index (χ1v) is 7.92. The van der Waals surface area contributed by atoms with Gasteiger partial charge in [-0.15, -0.1) is 0 Å². The number of carbonyl (C=O) groups excluding carboxylic acids is 1. The van der Waals surface area contributed by atoms with Crippen LogP contribution in [0.15, 0.2) is 84.9 Å². The summed E-state index contributed by atoms with van der Waals surface area (Å²) >= 11 is 0. The molecule has 0 bridgehead atoms. The second-order valence-electron chi connectivity index (χ2n) is 5.57. The summed E-state index contributed by atoms with van der Waals surface area (Å²) in [4.78, 5) is 12.3. The topological polar surface area (TPSA) is 46.5 Å². The quantitative estimate of drug-likeness (QED) is 0.400. The number of carbonyl (C=O) groups is 1. The van der Waals surface area contributed by atoms with E-state index in [1.54, 1.807) is 31.4 Å². The molecule has 0 aliphatic carbocycles. The fourth-order valence-corrected chi connectivity index (χ4v) is 2.51. The van der Waals surface area contributed by atoms with Gasteiger partial charge in [0.05, 0.1) is 7.11 Å².